The zero-order valence-corrected chi connectivity index (χ0v) is 17.4. The summed E-state index contributed by atoms with van der Waals surface area (Å²) in [4.78, 5) is 38.3. The molecule has 0 aromatic heterocycles. The Kier molecular flexibility index (Phi) is 6.13. The lowest BCUT2D eigenvalue weighted by Gasteiger charge is -2.15. The van der Waals surface area contributed by atoms with Gasteiger partial charge < -0.3 is 5.32 Å². The van der Waals surface area contributed by atoms with Crippen molar-refractivity contribution in [3.05, 3.63) is 68.0 Å². The van der Waals surface area contributed by atoms with E-state index in [-0.39, 0.29) is 11.4 Å². The Morgan fingerprint density at radius 3 is 2.46 bits per heavy atom. The number of nitrogens with zero attached hydrogens (tertiary/aromatic N) is 1. The molecule has 0 spiro atoms. The van der Waals surface area contributed by atoms with Crippen molar-refractivity contribution < 1.29 is 14.4 Å². The molecule has 8 heteroatoms. The van der Waals surface area contributed by atoms with Crippen molar-refractivity contribution in [3.8, 4) is 0 Å². The molecule has 2 aromatic carbocycles. The predicted molar refractivity (Wildman–Crippen MR) is 114 cm³/mol. The van der Waals surface area contributed by atoms with E-state index in [1.54, 1.807) is 18.2 Å². The fourth-order valence-electron chi connectivity index (χ4n) is 2.73. The number of hydrogen-bond acceptors (Lipinski definition) is 4. The van der Waals surface area contributed by atoms with Gasteiger partial charge in [-0.1, -0.05) is 47.5 Å². The Balaban J connectivity index is 1.75. The van der Waals surface area contributed by atoms with E-state index in [9.17, 15) is 14.4 Å². The van der Waals surface area contributed by atoms with Gasteiger partial charge in [0.15, 0.2) is 0 Å². The minimum Gasteiger partial charge on any atom is -0.324 e. The van der Waals surface area contributed by atoms with Crippen molar-refractivity contribution in [2.75, 3.05) is 11.9 Å². The fraction of sp³-hybridized carbons (Fsp3) is 0.150. The first-order chi connectivity index (χ1) is 13.3. The van der Waals surface area contributed by atoms with Gasteiger partial charge in [-0.15, -0.1) is 0 Å². The van der Waals surface area contributed by atoms with E-state index in [0.717, 1.165) is 27.8 Å². The molecule has 1 aliphatic rings. The molecule has 0 unspecified atom stereocenters. The van der Waals surface area contributed by atoms with Crippen molar-refractivity contribution >= 4 is 63.8 Å². The van der Waals surface area contributed by atoms with Crippen LogP contribution in [0.2, 0.25) is 10.0 Å². The largest absolute Gasteiger partial charge is 0.324 e. The molecule has 1 fully saturated rings. The average molecular weight is 435 g/mol. The minimum absolute atomic E-state index is 0.203. The summed E-state index contributed by atoms with van der Waals surface area (Å²) in [5.41, 5.74) is 3.05. The molecule has 0 atom stereocenters. The quantitative estimate of drug-likeness (QED) is 0.664. The van der Waals surface area contributed by atoms with Crippen molar-refractivity contribution in [3.63, 3.8) is 0 Å². The van der Waals surface area contributed by atoms with E-state index >= 15 is 0 Å². The maximum atomic E-state index is 12.6. The molecule has 0 aliphatic carbocycles. The molecule has 0 bridgehead atoms. The number of aryl methyl sites for hydroxylation is 2. The van der Waals surface area contributed by atoms with Gasteiger partial charge in [0.2, 0.25) is 5.91 Å². The number of benzene rings is 2. The Morgan fingerprint density at radius 2 is 1.82 bits per heavy atom. The lowest BCUT2D eigenvalue weighted by Crippen LogP contribution is -2.36. The van der Waals surface area contributed by atoms with Crippen molar-refractivity contribution in [1.82, 2.24) is 4.90 Å². The molecule has 0 radical (unpaired) electrons. The second-order valence-electron chi connectivity index (χ2n) is 6.25. The number of nitrogens with one attached hydrogen (secondary N) is 1. The lowest BCUT2D eigenvalue weighted by molar-refractivity contribution is -0.127. The van der Waals surface area contributed by atoms with E-state index < -0.39 is 17.1 Å². The Bertz CT molecular complexity index is 1000. The van der Waals surface area contributed by atoms with Crippen molar-refractivity contribution in [2.24, 2.45) is 0 Å². The number of carbonyl (C=O) groups is 3. The highest BCUT2D eigenvalue weighted by atomic mass is 35.5. The molecular weight excluding hydrogens is 419 g/mol. The van der Waals surface area contributed by atoms with Gasteiger partial charge in [0.05, 0.1) is 4.91 Å². The van der Waals surface area contributed by atoms with Crippen LogP contribution in [0.3, 0.4) is 0 Å². The second kappa shape index (κ2) is 8.39. The Hall–Kier alpha value is -2.28. The lowest BCUT2D eigenvalue weighted by atomic mass is 10.1. The molecule has 1 saturated heterocycles. The molecule has 28 heavy (non-hydrogen) atoms. The minimum atomic E-state index is -0.530. The van der Waals surface area contributed by atoms with Gasteiger partial charge in [0, 0.05) is 15.7 Å². The summed E-state index contributed by atoms with van der Waals surface area (Å²) in [5, 5.41) is 3.11. The number of para-hydroxylation sites is 1. The summed E-state index contributed by atoms with van der Waals surface area (Å²) in [5.74, 6) is -0.969. The van der Waals surface area contributed by atoms with Crippen LogP contribution in [-0.4, -0.2) is 28.5 Å². The van der Waals surface area contributed by atoms with E-state index in [1.165, 1.54) is 6.08 Å². The van der Waals surface area contributed by atoms with Crippen LogP contribution in [0.5, 0.6) is 0 Å². The molecule has 3 amide bonds. The molecule has 2 aromatic rings. The highest BCUT2D eigenvalue weighted by Crippen LogP contribution is 2.34. The van der Waals surface area contributed by atoms with Crippen LogP contribution in [0.25, 0.3) is 6.08 Å². The normalized spacial score (nSPS) is 15.4. The number of rotatable bonds is 4. The highest BCUT2D eigenvalue weighted by molar-refractivity contribution is 8.18. The van der Waals surface area contributed by atoms with Crippen LogP contribution in [0.4, 0.5) is 10.5 Å². The Morgan fingerprint density at radius 1 is 1.14 bits per heavy atom. The van der Waals surface area contributed by atoms with Crippen LogP contribution >= 0.6 is 35.0 Å². The van der Waals surface area contributed by atoms with Crippen molar-refractivity contribution in [1.29, 1.82) is 0 Å². The average Bonchev–Trinajstić information content (AvgIpc) is 2.88. The fourth-order valence-corrected chi connectivity index (χ4v) is 4.02. The molecule has 0 saturated carbocycles. The van der Waals surface area contributed by atoms with Crippen LogP contribution in [-0.2, 0) is 9.59 Å². The first kappa shape index (κ1) is 20.5. The first-order valence-electron chi connectivity index (χ1n) is 8.32. The zero-order chi connectivity index (χ0) is 20.4. The van der Waals surface area contributed by atoms with Crippen LogP contribution < -0.4 is 5.32 Å². The summed E-state index contributed by atoms with van der Waals surface area (Å²) >= 11 is 12.8. The van der Waals surface area contributed by atoms with Gasteiger partial charge in [0.1, 0.15) is 6.54 Å². The van der Waals surface area contributed by atoms with E-state index in [0.29, 0.717) is 21.3 Å². The number of anilines is 1. The monoisotopic (exact) mass is 434 g/mol. The summed E-state index contributed by atoms with van der Waals surface area (Å²) in [7, 11) is 0. The molecule has 1 aliphatic heterocycles. The highest BCUT2D eigenvalue weighted by Gasteiger charge is 2.36. The number of thioether (sulfide) groups is 1. The topological polar surface area (TPSA) is 66.5 Å². The summed E-state index contributed by atoms with van der Waals surface area (Å²) < 4.78 is 0. The molecule has 1 N–H and O–H groups in total. The summed E-state index contributed by atoms with van der Waals surface area (Å²) in [6.07, 6.45) is 1.52. The van der Waals surface area contributed by atoms with Gasteiger partial charge in [-0.25, -0.2) is 0 Å². The third kappa shape index (κ3) is 4.41. The van der Waals surface area contributed by atoms with E-state index in [1.807, 2.05) is 32.0 Å². The van der Waals surface area contributed by atoms with Gasteiger partial charge >= 0.3 is 0 Å². The number of hydrogen-bond donors (Lipinski definition) is 1. The third-order valence-electron chi connectivity index (χ3n) is 4.17. The molecule has 3 rings (SSSR count). The third-order valence-corrected chi connectivity index (χ3v) is 5.64. The number of amides is 3. The van der Waals surface area contributed by atoms with E-state index in [4.69, 9.17) is 23.2 Å². The van der Waals surface area contributed by atoms with Gasteiger partial charge in [0.25, 0.3) is 11.1 Å². The maximum absolute atomic E-state index is 12.6. The van der Waals surface area contributed by atoms with E-state index in [2.05, 4.69) is 5.32 Å². The van der Waals surface area contributed by atoms with Gasteiger partial charge in [-0.05, 0) is 60.5 Å². The predicted octanol–water partition coefficient (Wildman–Crippen LogP) is 5.29. The van der Waals surface area contributed by atoms with Gasteiger partial charge in [-0.2, -0.15) is 0 Å². The van der Waals surface area contributed by atoms with Crippen molar-refractivity contribution in [2.45, 2.75) is 13.8 Å². The molecule has 144 valence electrons. The maximum Gasteiger partial charge on any atom is 0.294 e. The number of carbonyl (C=O) groups excluding carboxylic acids is 3. The summed E-state index contributed by atoms with van der Waals surface area (Å²) in [6, 6.07) is 10.5. The van der Waals surface area contributed by atoms with Crippen LogP contribution in [0.15, 0.2) is 41.3 Å². The first-order valence-corrected chi connectivity index (χ1v) is 9.90. The number of halogens is 2. The molecule has 1 heterocycles. The SMILES string of the molecule is Cc1cccc(C)c1NC(=O)CN1C(=O)S/C(=C/c2ccc(Cl)cc2Cl)C1=O. The number of imide groups is 1. The smallest absolute Gasteiger partial charge is 0.294 e. The zero-order valence-electron chi connectivity index (χ0n) is 15.1. The van der Waals surface area contributed by atoms with Crippen LogP contribution in [0, 0.1) is 13.8 Å². The Labute approximate surface area is 176 Å². The van der Waals surface area contributed by atoms with Crippen LogP contribution in [0.1, 0.15) is 16.7 Å². The van der Waals surface area contributed by atoms with Gasteiger partial charge in [-0.3, -0.25) is 19.3 Å². The molecule has 5 nitrogen and oxygen atoms in total. The summed E-state index contributed by atoms with van der Waals surface area (Å²) in [6.45, 7) is 3.40. The second-order valence-corrected chi connectivity index (χ2v) is 8.09. The molecular formula is C20H16Cl2N2O3S. The standard InChI is InChI=1S/C20H16Cl2N2O3S/c1-11-4-3-5-12(2)18(11)23-17(25)10-24-19(26)16(28-20(24)27)8-13-6-7-14(21)9-15(13)22/h3-9H,10H2,1-2H3,(H,23,25)/b16-8+.